The van der Waals surface area contributed by atoms with Gasteiger partial charge in [0.15, 0.2) is 5.69 Å². The van der Waals surface area contributed by atoms with Crippen molar-refractivity contribution in [1.82, 2.24) is 14.3 Å². The van der Waals surface area contributed by atoms with Gasteiger partial charge in [-0.3, -0.25) is 9.48 Å². The zero-order chi connectivity index (χ0) is 13.5. The SMILES string of the molecule is Cn1nc(C(F)(F)F)cc1-c1cccn(C)c1=O. The molecule has 0 saturated heterocycles. The first-order valence-electron chi connectivity index (χ1n) is 5.08. The van der Waals surface area contributed by atoms with Crippen LogP contribution in [0.4, 0.5) is 13.2 Å². The Kier molecular flexibility index (Phi) is 2.76. The highest BCUT2D eigenvalue weighted by molar-refractivity contribution is 5.58. The average molecular weight is 257 g/mol. The van der Waals surface area contributed by atoms with Crippen molar-refractivity contribution in [2.75, 3.05) is 0 Å². The summed E-state index contributed by atoms with van der Waals surface area (Å²) in [7, 11) is 2.91. The molecule has 0 N–H and O–H groups in total. The molecular weight excluding hydrogens is 247 g/mol. The Morgan fingerprint density at radius 1 is 1.28 bits per heavy atom. The van der Waals surface area contributed by atoms with Gasteiger partial charge in [-0.25, -0.2) is 0 Å². The molecule has 0 atom stereocenters. The summed E-state index contributed by atoms with van der Waals surface area (Å²) in [6.45, 7) is 0. The van der Waals surface area contributed by atoms with Crippen molar-refractivity contribution in [2.45, 2.75) is 6.18 Å². The molecule has 2 heterocycles. The van der Waals surface area contributed by atoms with Crippen LogP contribution in [0.15, 0.2) is 29.2 Å². The number of hydrogen-bond donors (Lipinski definition) is 0. The summed E-state index contributed by atoms with van der Waals surface area (Å²) in [5.74, 6) is 0. The molecule has 4 nitrogen and oxygen atoms in total. The molecule has 0 aliphatic carbocycles. The van der Waals surface area contributed by atoms with Crippen molar-refractivity contribution in [2.24, 2.45) is 14.1 Å². The largest absolute Gasteiger partial charge is 0.435 e. The summed E-state index contributed by atoms with van der Waals surface area (Å²) in [5.41, 5.74) is -1.05. The standard InChI is InChI=1S/C11H10F3N3O/c1-16-5-3-4-7(10(16)18)8-6-9(11(12,13)14)15-17(8)2/h3-6H,1-2H3. The smallest absolute Gasteiger partial charge is 0.318 e. The molecule has 0 bridgehead atoms. The topological polar surface area (TPSA) is 39.8 Å². The van der Waals surface area contributed by atoms with Crippen LogP contribution in [0.25, 0.3) is 11.3 Å². The zero-order valence-electron chi connectivity index (χ0n) is 9.69. The fraction of sp³-hybridized carbons (Fsp3) is 0.273. The Hall–Kier alpha value is -2.05. The van der Waals surface area contributed by atoms with Crippen molar-refractivity contribution >= 4 is 0 Å². The maximum absolute atomic E-state index is 12.5. The first-order valence-corrected chi connectivity index (χ1v) is 5.08. The third-order valence-electron chi connectivity index (χ3n) is 2.57. The Balaban J connectivity index is 2.62. The van der Waals surface area contributed by atoms with Gasteiger partial charge < -0.3 is 4.57 Å². The molecule has 2 aromatic heterocycles. The van der Waals surface area contributed by atoms with E-state index < -0.39 is 11.9 Å². The number of hydrogen-bond acceptors (Lipinski definition) is 2. The zero-order valence-corrected chi connectivity index (χ0v) is 9.69. The van der Waals surface area contributed by atoms with Gasteiger partial charge in [-0.2, -0.15) is 18.3 Å². The second-order valence-corrected chi connectivity index (χ2v) is 3.87. The van der Waals surface area contributed by atoms with Crippen molar-refractivity contribution in [3.05, 3.63) is 40.4 Å². The molecule has 0 saturated carbocycles. The third-order valence-corrected chi connectivity index (χ3v) is 2.57. The molecule has 0 aromatic carbocycles. The van der Waals surface area contributed by atoms with Crippen LogP contribution in [0.3, 0.4) is 0 Å². The van der Waals surface area contributed by atoms with Gasteiger partial charge in [0.25, 0.3) is 5.56 Å². The van der Waals surface area contributed by atoms with E-state index >= 15 is 0 Å². The van der Waals surface area contributed by atoms with Crippen LogP contribution in [-0.2, 0) is 20.3 Å². The normalized spacial score (nSPS) is 11.8. The number of aryl methyl sites for hydroxylation is 2. The van der Waals surface area contributed by atoms with E-state index in [0.29, 0.717) is 0 Å². The average Bonchev–Trinajstić information content (AvgIpc) is 2.64. The second kappa shape index (κ2) is 4.01. The van der Waals surface area contributed by atoms with Gasteiger partial charge in [0.1, 0.15) is 0 Å². The van der Waals surface area contributed by atoms with E-state index in [9.17, 15) is 18.0 Å². The first kappa shape index (κ1) is 12.4. The molecule has 0 spiro atoms. The van der Waals surface area contributed by atoms with Gasteiger partial charge in [-0.15, -0.1) is 0 Å². The highest BCUT2D eigenvalue weighted by Gasteiger charge is 2.34. The van der Waals surface area contributed by atoms with Gasteiger partial charge >= 0.3 is 6.18 Å². The van der Waals surface area contributed by atoms with Crippen molar-refractivity contribution in [3.8, 4) is 11.3 Å². The molecule has 0 amide bonds. The molecule has 0 aliphatic rings. The Bertz CT molecular complexity index is 640. The minimum Gasteiger partial charge on any atom is -0.318 e. The number of halogens is 3. The van der Waals surface area contributed by atoms with E-state index in [-0.39, 0.29) is 16.8 Å². The highest BCUT2D eigenvalue weighted by Crippen LogP contribution is 2.30. The Morgan fingerprint density at radius 3 is 2.50 bits per heavy atom. The second-order valence-electron chi connectivity index (χ2n) is 3.87. The Morgan fingerprint density at radius 2 is 1.94 bits per heavy atom. The van der Waals surface area contributed by atoms with Crippen molar-refractivity contribution < 1.29 is 13.2 Å². The molecule has 2 rings (SSSR count). The first-order chi connectivity index (χ1) is 8.30. The molecule has 7 heteroatoms. The molecule has 0 fully saturated rings. The quantitative estimate of drug-likeness (QED) is 0.781. The van der Waals surface area contributed by atoms with Crippen LogP contribution in [0.5, 0.6) is 0 Å². The van der Waals surface area contributed by atoms with Crippen LogP contribution >= 0.6 is 0 Å². The minimum atomic E-state index is -4.52. The van der Waals surface area contributed by atoms with E-state index in [1.54, 1.807) is 6.07 Å². The van der Waals surface area contributed by atoms with E-state index in [0.717, 1.165) is 10.7 Å². The number of aromatic nitrogens is 3. The van der Waals surface area contributed by atoms with E-state index in [4.69, 9.17) is 0 Å². The number of rotatable bonds is 1. The van der Waals surface area contributed by atoms with Gasteiger partial charge in [-0.1, -0.05) is 0 Å². The monoisotopic (exact) mass is 257 g/mol. The summed E-state index contributed by atoms with van der Waals surface area (Å²) >= 11 is 0. The van der Waals surface area contributed by atoms with Crippen molar-refractivity contribution in [1.29, 1.82) is 0 Å². The predicted octanol–water partition coefficient (Wildman–Crippen LogP) is 1.80. The number of alkyl halides is 3. The minimum absolute atomic E-state index is 0.142. The van der Waals surface area contributed by atoms with Gasteiger partial charge in [-0.05, 0) is 18.2 Å². The maximum atomic E-state index is 12.5. The van der Waals surface area contributed by atoms with Crippen molar-refractivity contribution in [3.63, 3.8) is 0 Å². The summed E-state index contributed by atoms with van der Waals surface area (Å²) in [6.07, 6.45) is -2.98. The van der Waals surface area contributed by atoms with Crippen LogP contribution in [0, 0.1) is 0 Å². The molecule has 96 valence electrons. The molecule has 18 heavy (non-hydrogen) atoms. The van der Waals surface area contributed by atoms with Gasteiger partial charge in [0.2, 0.25) is 0 Å². The number of nitrogens with zero attached hydrogens (tertiary/aromatic N) is 3. The molecular formula is C11H10F3N3O. The fourth-order valence-corrected chi connectivity index (χ4v) is 1.65. The summed E-state index contributed by atoms with van der Waals surface area (Å²) in [5, 5.41) is 3.37. The van der Waals surface area contributed by atoms with E-state index in [2.05, 4.69) is 5.10 Å². The Labute approximate surface area is 100 Å². The van der Waals surface area contributed by atoms with Crippen LogP contribution in [0.2, 0.25) is 0 Å². The molecule has 0 aliphatic heterocycles. The lowest BCUT2D eigenvalue weighted by Crippen LogP contribution is -2.18. The predicted molar refractivity (Wildman–Crippen MR) is 58.9 cm³/mol. The van der Waals surface area contributed by atoms with E-state index in [1.807, 2.05) is 0 Å². The summed E-state index contributed by atoms with van der Waals surface area (Å²) < 4.78 is 39.9. The van der Waals surface area contributed by atoms with Gasteiger partial charge in [0.05, 0.1) is 11.3 Å². The summed E-state index contributed by atoms with van der Waals surface area (Å²) in [6, 6.07) is 3.94. The molecule has 2 aromatic rings. The lowest BCUT2D eigenvalue weighted by atomic mass is 10.2. The summed E-state index contributed by atoms with van der Waals surface area (Å²) in [4.78, 5) is 11.8. The number of pyridine rings is 1. The molecule has 0 radical (unpaired) electrons. The third kappa shape index (κ3) is 2.03. The van der Waals surface area contributed by atoms with Crippen LogP contribution < -0.4 is 5.56 Å². The highest BCUT2D eigenvalue weighted by atomic mass is 19.4. The lowest BCUT2D eigenvalue weighted by Gasteiger charge is -2.02. The maximum Gasteiger partial charge on any atom is 0.435 e. The van der Waals surface area contributed by atoms with Gasteiger partial charge in [0, 0.05) is 20.3 Å². The van der Waals surface area contributed by atoms with E-state index in [1.165, 1.54) is 30.9 Å². The lowest BCUT2D eigenvalue weighted by molar-refractivity contribution is -0.141. The fourth-order valence-electron chi connectivity index (χ4n) is 1.65. The van der Waals surface area contributed by atoms with Crippen LogP contribution in [-0.4, -0.2) is 14.3 Å². The van der Waals surface area contributed by atoms with Crippen LogP contribution in [0.1, 0.15) is 5.69 Å². The molecule has 0 unspecified atom stereocenters.